The smallest absolute Gasteiger partial charge is 0.101 e. The maximum atomic E-state index is 8.80. The van der Waals surface area contributed by atoms with Crippen molar-refractivity contribution in [1.82, 2.24) is 0 Å². The number of rotatable bonds is 2. The summed E-state index contributed by atoms with van der Waals surface area (Å²) in [6, 6.07) is 16.1. The maximum absolute atomic E-state index is 8.80. The summed E-state index contributed by atoms with van der Waals surface area (Å²) in [5.41, 5.74) is 4.15. The Bertz CT molecular complexity index is 564. The van der Waals surface area contributed by atoms with Gasteiger partial charge >= 0.3 is 0 Å². The van der Waals surface area contributed by atoms with Crippen LogP contribution in [0.3, 0.4) is 0 Å². The van der Waals surface area contributed by atoms with Crippen LogP contribution >= 0.6 is 11.6 Å². The van der Waals surface area contributed by atoms with E-state index in [1.54, 1.807) is 6.07 Å². The lowest BCUT2D eigenvalue weighted by atomic mass is 10.0. The molecule has 0 unspecified atom stereocenters. The second kappa shape index (κ2) is 5.03. The fraction of sp³-hybridized carbons (Fsp3) is 0.133. The van der Waals surface area contributed by atoms with Gasteiger partial charge in [-0.25, -0.2) is 0 Å². The van der Waals surface area contributed by atoms with Crippen LogP contribution in [-0.4, -0.2) is 0 Å². The third-order valence-corrected chi connectivity index (χ3v) is 3.00. The van der Waals surface area contributed by atoms with Crippen molar-refractivity contribution in [2.45, 2.75) is 13.3 Å². The molecular formula is C15H12ClN. The van der Waals surface area contributed by atoms with Crippen LogP contribution < -0.4 is 0 Å². The van der Waals surface area contributed by atoms with Gasteiger partial charge in [-0.15, -0.1) is 0 Å². The largest absolute Gasteiger partial charge is 0.192 e. The zero-order valence-corrected chi connectivity index (χ0v) is 10.3. The standard InChI is InChI=1S/C15H12ClN/c1-11-2-4-12(5-3-11)8-13-6-7-14(10-17)15(16)9-13/h2-7,9H,8H2,1H3. The molecule has 2 rings (SSSR count). The summed E-state index contributed by atoms with van der Waals surface area (Å²) >= 11 is 6.00. The summed E-state index contributed by atoms with van der Waals surface area (Å²) < 4.78 is 0. The number of aryl methyl sites for hydroxylation is 1. The molecule has 0 bridgehead atoms. The van der Waals surface area contributed by atoms with E-state index in [1.165, 1.54) is 11.1 Å². The molecule has 0 saturated carbocycles. The first-order valence-corrected chi connectivity index (χ1v) is 5.81. The van der Waals surface area contributed by atoms with Crippen LogP contribution in [0.15, 0.2) is 42.5 Å². The van der Waals surface area contributed by atoms with Crippen molar-refractivity contribution in [2.24, 2.45) is 0 Å². The summed E-state index contributed by atoms with van der Waals surface area (Å²) in [5.74, 6) is 0. The second-order valence-corrected chi connectivity index (χ2v) is 4.50. The first-order valence-electron chi connectivity index (χ1n) is 5.43. The minimum absolute atomic E-state index is 0.525. The van der Waals surface area contributed by atoms with Crippen LogP contribution in [0.1, 0.15) is 22.3 Å². The van der Waals surface area contributed by atoms with Crippen LogP contribution in [0.4, 0.5) is 0 Å². The average molecular weight is 242 g/mol. The first kappa shape index (κ1) is 11.7. The molecule has 0 spiro atoms. The fourth-order valence-corrected chi connectivity index (χ4v) is 1.95. The fourth-order valence-electron chi connectivity index (χ4n) is 1.70. The summed E-state index contributed by atoms with van der Waals surface area (Å²) in [7, 11) is 0. The molecule has 0 radical (unpaired) electrons. The second-order valence-electron chi connectivity index (χ2n) is 4.09. The molecule has 2 aromatic carbocycles. The maximum Gasteiger partial charge on any atom is 0.101 e. The summed E-state index contributed by atoms with van der Waals surface area (Å²) in [4.78, 5) is 0. The lowest BCUT2D eigenvalue weighted by Gasteiger charge is -2.04. The van der Waals surface area contributed by atoms with Gasteiger partial charge in [0.1, 0.15) is 6.07 Å². The Balaban J connectivity index is 2.22. The van der Waals surface area contributed by atoms with E-state index in [9.17, 15) is 0 Å². The first-order chi connectivity index (χ1) is 8.19. The molecule has 0 heterocycles. The molecule has 1 nitrogen and oxygen atoms in total. The van der Waals surface area contributed by atoms with E-state index in [2.05, 4.69) is 37.3 Å². The number of benzene rings is 2. The van der Waals surface area contributed by atoms with Gasteiger partial charge in [-0.1, -0.05) is 47.5 Å². The van der Waals surface area contributed by atoms with Crippen molar-refractivity contribution < 1.29 is 0 Å². The molecule has 0 saturated heterocycles. The molecular weight excluding hydrogens is 230 g/mol. The molecule has 0 aliphatic rings. The Labute approximate surface area is 106 Å². The minimum Gasteiger partial charge on any atom is -0.192 e. The van der Waals surface area contributed by atoms with Crippen LogP contribution in [0.2, 0.25) is 5.02 Å². The highest BCUT2D eigenvalue weighted by Crippen LogP contribution is 2.19. The number of nitriles is 1. The number of hydrogen-bond acceptors (Lipinski definition) is 1. The van der Waals surface area contributed by atoms with Crippen LogP contribution in [0.5, 0.6) is 0 Å². The van der Waals surface area contributed by atoms with Gasteiger partial charge < -0.3 is 0 Å². The molecule has 0 fully saturated rings. The Morgan fingerprint density at radius 2 is 1.71 bits per heavy atom. The van der Waals surface area contributed by atoms with Crippen LogP contribution in [0, 0.1) is 18.3 Å². The van der Waals surface area contributed by atoms with Crippen molar-refractivity contribution >= 4 is 11.6 Å². The van der Waals surface area contributed by atoms with Crippen molar-refractivity contribution in [2.75, 3.05) is 0 Å². The topological polar surface area (TPSA) is 23.8 Å². The predicted molar refractivity (Wildman–Crippen MR) is 70.2 cm³/mol. The molecule has 0 aliphatic carbocycles. The average Bonchev–Trinajstić information content (AvgIpc) is 2.32. The van der Waals surface area contributed by atoms with Gasteiger partial charge in [0.25, 0.3) is 0 Å². The van der Waals surface area contributed by atoms with E-state index < -0.39 is 0 Å². The van der Waals surface area contributed by atoms with Gasteiger partial charge in [0.15, 0.2) is 0 Å². The lowest BCUT2D eigenvalue weighted by Crippen LogP contribution is -1.89. The van der Waals surface area contributed by atoms with Crippen LogP contribution in [-0.2, 0) is 6.42 Å². The molecule has 2 aromatic rings. The third kappa shape index (κ3) is 2.87. The minimum atomic E-state index is 0.525. The SMILES string of the molecule is Cc1ccc(Cc2ccc(C#N)c(Cl)c2)cc1. The molecule has 0 atom stereocenters. The van der Waals surface area contributed by atoms with Crippen molar-refractivity contribution in [3.05, 3.63) is 69.7 Å². The highest BCUT2D eigenvalue weighted by atomic mass is 35.5. The highest BCUT2D eigenvalue weighted by Gasteiger charge is 2.02. The van der Waals surface area contributed by atoms with Gasteiger partial charge in [-0.2, -0.15) is 5.26 Å². The van der Waals surface area contributed by atoms with Gasteiger partial charge in [0, 0.05) is 0 Å². The lowest BCUT2D eigenvalue weighted by molar-refractivity contribution is 1.18. The Morgan fingerprint density at radius 3 is 2.29 bits per heavy atom. The van der Waals surface area contributed by atoms with E-state index in [1.807, 2.05) is 12.1 Å². The van der Waals surface area contributed by atoms with Crippen molar-refractivity contribution in [3.63, 3.8) is 0 Å². The predicted octanol–water partition coefficient (Wildman–Crippen LogP) is 4.11. The monoisotopic (exact) mass is 241 g/mol. The van der Waals surface area contributed by atoms with Crippen molar-refractivity contribution in [1.29, 1.82) is 5.26 Å². The molecule has 0 aromatic heterocycles. The molecule has 0 amide bonds. The van der Waals surface area contributed by atoms with E-state index in [4.69, 9.17) is 16.9 Å². The van der Waals surface area contributed by atoms with Gasteiger partial charge in [0.05, 0.1) is 10.6 Å². The van der Waals surface area contributed by atoms with Gasteiger partial charge in [0.2, 0.25) is 0 Å². The Morgan fingerprint density at radius 1 is 1.06 bits per heavy atom. The molecule has 0 N–H and O–H groups in total. The summed E-state index contributed by atoms with van der Waals surface area (Å²) in [5, 5.41) is 9.32. The number of nitrogens with zero attached hydrogens (tertiary/aromatic N) is 1. The van der Waals surface area contributed by atoms with Crippen molar-refractivity contribution in [3.8, 4) is 6.07 Å². The van der Waals surface area contributed by atoms with Gasteiger partial charge in [-0.3, -0.25) is 0 Å². The van der Waals surface area contributed by atoms with Gasteiger partial charge in [-0.05, 0) is 36.6 Å². The van der Waals surface area contributed by atoms with E-state index >= 15 is 0 Å². The number of hydrogen-bond donors (Lipinski definition) is 0. The summed E-state index contributed by atoms with van der Waals surface area (Å²) in [6.45, 7) is 2.07. The zero-order valence-electron chi connectivity index (χ0n) is 9.57. The highest BCUT2D eigenvalue weighted by molar-refractivity contribution is 6.31. The Hall–Kier alpha value is -1.78. The van der Waals surface area contributed by atoms with E-state index in [0.29, 0.717) is 10.6 Å². The third-order valence-electron chi connectivity index (χ3n) is 2.68. The normalized spacial score (nSPS) is 9.94. The number of halogens is 1. The van der Waals surface area contributed by atoms with E-state index in [0.717, 1.165) is 12.0 Å². The van der Waals surface area contributed by atoms with Crippen LogP contribution in [0.25, 0.3) is 0 Å². The molecule has 2 heteroatoms. The molecule has 84 valence electrons. The summed E-state index contributed by atoms with van der Waals surface area (Å²) in [6.07, 6.45) is 0.839. The Kier molecular flexibility index (Phi) is 3.46. The van der Waals surface area contributed by atoms with E-state index in [-0.39, 0.29) is 0 Å². The molecule has 0 aliphatic heterocycles. The zero-order chi connectivity index (χ0) is 12.3. The molecule has 17 heavy (non-hydrogen) atoms. The quantitative estimate of drug-likeness (QED) is 0.776.